The first-order valence-corrected chi connectivity index (χ1v) is 7.55. The first kappa shape index (κ1) is 15.5. The van der Waals surface area contributed by atoms with Crippen molar-refractivity contribution in [2.45, 2.75) is 25.5 Å². The predicted octanol–water partition coefficient (Wildman–Crippen LogP) is 3.15. The molecule has 21 heavy (non-hydrogen) atoms. The van der Waals surface area contributed by atoms with Crippen molar-refractivity contribution >= 4 is 17.6 Å². The zero-order valence-corrected chi connectivity index (χ0v) is 13.0. The second-order valence-electron chi connectivity index (χ2n) is 5.34. The molecule has 0 amide bonds. The molecular weight excluding hydrogens is 286 g/mol. The first-order chi connectivity index (χ1) is 9.95. The lowest BCUT2D eigenvalue weighted by Crippen LogP contribution is -2.25. The zero-order chi connectivity index (χ0) is 15.3. The SMILES string of the molecule is CC(C)(C)[S@@+]([O-])/N=C/c1ccc(Oc2cncnc2)cc1. The number of hydrogen-bond acceptors (Lipinski definition) is 5. The van der Waals surface area contributed by atoms with Crippen molar-refractivity contribution in [1.29, 1.82) is 0 Å². The van der Waals surface area contributed by atoms with E-state index in [-0.39, 0.29) is 4.75 Å². The molecule has 0 saturated heterocycles. The van der Waals surface area contributed by atoms with Crippen molar-refractivity contribution in [2.24, 2.45) is 4.40 Å². The van der Waals surface area contributed by atoms with Gasteiger partial charge in [0.25, 0.3) is 0 Å². The van der Waals surface area contributed by atoms with Crippen molar-refractivity contribution in [1.82, 2.24) is 9.97 Å². The van der Waals surface area contributed by atoms with Crippen LogP contribution in [0.2, 0.25) is 0 Å². The Morgan fingerprint density at radius 1 is 1.10 bits per heavy atom. The van der Waals surface area contributed by atoms with Crippen molar-refractivity contribution in [3.05, 3.63) is 48.5 Å². The maximum absolute atomic E-state index is 11.8. The van der Waals surface area contributed by atoms with Gasteiger partial charge < -0.3 is 9.29 Å². The molecule has 0 unspecified atom stereocenters. The van der Waals surface area contributed by atoms with Gasteiger partial charge in [0.15, 0.2) is 5.75 Å². The van der Waals surface area contributed by atoms with Crippen LogP contribution in [0.4, 0.5) is 0 Å². The van der Waals surface area contributed by atoms with Crippen molar-refractivity contribution in [3.63, 3.8) is 0 Å². The van der Waals surface area contributed by atoms with E-state index in [1.807, 2.05) is 45.0 Å². The average Bonchev–Trinajstić information content (AvgIpc) is 2.46. The van der Waals surface area contributed by atoms with E-state index in [0.717, 1.165) is 5.56 Å². The summed E-state index contributed by atoms with van der Waals surface area (Å²) >= 11 is -1.25. The van der Waals surface area contributed by atoms with E-state index >= 15 is 0 Å². The van der Waals surface area contributed by atoms with Crippen LogP contribution in [0, 0.1) is 0 Å². The van der Waals surface area contributed by atoms with Gasteiger partial charge >= 0.3 is 0 Å². The quantitative estimate of drug-likeness (QED) is 0.642. The Kier molecular flexibility index (Phi) is 4.93. The van der Waals surface area contributed by atoms with Crippen LogP contribution in [0.5, 0.6) is 11.5 Å². The minimum Gasteiger partial charge on any atom is -0.591 e. The molecule has 0 aliphatic rings. The highest BCUT2D eigenvalue weighted by molar-refractivity contribution is 7.91. The fourth-order valence-electron chi connectivity index (χ4n) is 1.36. The molecule has 6 heteroatoms. The number of benzene rings is 1. The standard InChI is InChI=1S/C15H17N3O2S/c1-15(2,3)21(19)18-8-12-4-6-13(7-5-12)20-14-9-16-11-17-10-14/h4-11H,1-3H3/b18-8+/t21-/m1/s1. The second-order valence-corrected chi connectivity index (χ2v) is 7.28. The summed E-state index contributed by atoms with van der Waals surface area (Å²) in [5.74, 6) is 1.26. The molecule has 0 aliphatic heterocycles. The Bertz CT molecular complexity index is 595. The van der Waals surface area contributed by atoms with Gasteiger partial charge in [0.05, 0.1) is 18.6 Å². The van der Waals surface area contributed by atoms with Gasteiger partial charge in [0.2, 0.25) is 0 Å². The summed E-state index contributed by atoms with van der Waals surface area (Å²) in [6.45, 7) is 5.66. The van der Waals surface area contributed by atoms with E-state index in [9.17, 15) is 4.55 Å². The van der Waals surface area contributed by atoms with Gasteiger partial charge in [-0.3, -0.25) is 0 Å². The summed E-state index contributed by atoms with van der Waals surface area (Å²) in [7, 11) is 0. The number of nitrogens with zero attached hydrogens (tertiary/aromatic N) is 3. The maximum Gasteiger partial charge on any atom is 0.163 e. The smallest absolute Gasteiger partial charge is 0.163 e. The van der Waals surface area contributed by atoms with Crippen LogP contribution in [-0.2, 0) is 11.4 Å². The van der Waals surface area contributed by atoms with Crippen LogP contribution in [0.3, 0.4) is 0 Å². The van der Waals surface area contributed by atoms with Gasteiger partial charge in [-0.05, 0) is 50.6 Å². The highest BCUT2D eigenvalue weighted by Crippen LogP contribution is 2.20. The molecule has 0 saturated carbocycles. The van der Waals surface area contributed by atoms with Gasteiger partial charge in [0.1, 0.15) is 28.2 Å². The molecule has 110 valence electrons. The Balaban J connectivity index is 2.01. The molecule has 1 aromatic heterocycles. The third-order valence-electron chi connectivity index (χ3n) is 2.47. The van der Waals surface area contributed by atoms with Crippen LogP contribution in [0.1, 0.15) is 26.3 Å². The van der Waals surface area contributed by atoms with Crippen molar-refractivity contribution in [2.75, 3.05) is 0 Å². The fourth-order valence-corrected chi connectivity index (χ4v) is 1.90. The molecule has 1 aromatic carbocycles. The van der Waals surface area contributed by atoms with E-state index in [0.29, 0.717) is 11.5 Å². The monoisotopic (exact) mass is 303 g/mol. The lowest BCUT2D eigenvalue weighted by Gasteiger charge is -2.17. The number of hydrogen-bond donors (Lipinski definition) is 0. The molecule has 2 aromatic rings. The molecule has 2 rings (SSSR count). The van der Waals surface area contributed by atoms with Crippen molar-refractivity contribution < 1.29 is 9.29 Å². The third-order valence-corrected chi connectivity index (χ3v) is 3.82. The second kappa shape index (κ2) is 6.69. The summed E-state index contributed by atoms with van der Waals surface area (Å²) < 4.78 is 21.1. The maximum atomic E-state index is 11.8. The van der Waals surface area contributed by atoms with E-state index < -0.39 is 11.4 Å². The van der Waals surface area contributed by atoms with Gasteiger partial charge in [-0.15, -0.1) is 0 Å². The molecule has 0 fully saturated rings. The molecule has 0 radical (unpaired) electrons. The van der Waals surface area contributed by atoms with Crippen LogP contribution in [0.15, 0.2) is 47.4 Å². The highest BCUT2D eigenvalue weighted by Gasteiger charge is 2.25. The van der Waals surface area contributed by atoms with Gasteiger partial charge in [0, 0.05) is 0 Å². The molecule has 1 heterocycles. The average molecular weight is 303 g/mol. The van der Waals surface area contributed by atoms with Crippen LogP contribution >= 0.6 is 0 Å². The zero-order valence-electron chi connectivity index (χ0n) is 12.2. The Morgan fingerprint density at radius 3 is 2.29 bits per heavy atom. The van der Waals surface area contributed by atoms with E-state index in [1.54, 1.807) is 18.6 Å². The molecule has 0 bridgehead atoms. The number of aromatic nitrogens is 2. The van der Waals surface area contributed by atoms with Gasteiger partial charge in [-0.2, -0.15) is 0 Å². The normalized spacial score (nSPS) is 13.3. The first-order valence-electron chi connectivity index (χ1n) is 6.44. The van der Waals surface area contributed by atoms with Crippen molar-refractivity contribution in [3.8, 4) is 11.5 Å². The molecule has 5 nitrogen and oxygen atoms in total. The topological polar surface area (TPSA) is 70.4 Å². The summed E-state index contributed by atoms with van der Waals surface area (Å²) in [5, 5.41) is 0. The molecule has 0 spiro atoms. The highest BCUT2D eigenvalue weighted by atomic mass is 32.2. The Labute approximate surface area is 127 Å². The van der Waals surface area contributed by atoms with Crippen LogP contribution < -0.4 is 4.74 Å². The van der Waals surface area contributed by atoms with Gasteiger partial charge in [-0.25, -0.2) is 9.97 Å². The summed E-state index contributed by atoms with van der Waals surface area (Å²) in [6.07, 6.45) is 6.24. The molecule has 1 atom stereocenters. The molecule has 0 N–H and O–H groups in total. The predicted molar refractivity (Wildman–Crippen MR) is 84.0 cm³/mol. The molecular formula is C15H17N3O2S. The lowest BCUT2D eigenvalue weighted by molar-refractivity contribution is 0.477. The van der Waals surface area contributed by atoms with E-state index in [4.69, 9.17) is 4.74 Å². The number of rotatable bonds is 4. The minimum atomic E-state index is -1.25. The molecule has 0 aliphatic carbocycles. The fraction of sp³-hybridized carbons (Fsp3) is 0.267. The Morgan fingerprint density at radius 2 is 1.71 bits per heavy atom. The van der Waals surface area contributed by atoms with Crippen LogP contribution in [-0.4, -0.2) is 25.5 Å². The summed E-state index contributed by atoms with van der Waals surface area (Å²) in [4.78, 5) is 7.76. The van der Waals surface area contributed by atoms with E-state index in [1.165, 1.54) is 6.33 Å². The number of ether oxygens (including phenoxy) is 1. The van der Waals surface area contributed by atoms with Crippen LogP contribution in [0.25, 0.3) is 0 Å². The Hall–Kier alpha value is -1.92. The largest absolute Gasteiger partial charge is 0.591 e. The summed E-state index contributed by atoms with van der Waals surface area (Å²) in [5.41, 5.74) is 0.865. The third kappa shape index (κ3) is 4.84. The summed E-state index contributed by atoms with van der Waals surface area (Å²) in [6, 6.07) is 7.33. The van der Waals surface area contributed by atoms with E-state index in [2.05, 4.69) is 14.4 Å². The lowest BCUT2D eigenvalue weighted by atomic mass is 10.2. The van der Waals surface area contributed by atoms with Gasteiger partial charge in [-0.1, -0.05) is 4.40 Å². The minimum absolute atomic E-state index is 0.354.